The highest BCUT2D eigenvalue weighted by atomic mass is 32.1. The minimum Gasteiger partial charge on any atom is -0.484 e. The molecular formula is C13H13F3N2OS. The van der Waals surface area contributed by atoms with Crippen molar-refractivity contribution in [2.45, 2.75) is 19.6 Å². The number of alkyl halides is 3. The van der Waals surface area contributed by atoms with Gasteiger partial charge in [-0.2, -0.15) is 13.2 Å². The van der Waals surface area contributed by atoms with Crippen LogP contribution in [-0.4, -0.2) is 17.8 Å². The van der Waals surface area contributed by atoms with Gasteiger partial charge in [-0.15, -0.1) is 11.3 Å². The molecule has 20 heavy (non-hydrogen) atoms. The first-order chi connectivity index (χ1) is 9.42. The van der Waals surface area contributed by atoms with Crippen LogP contribution >= 0.6 is 11.3 Å². The van der Waals surface area contributed by atoms with E-state index in [1.54, 1.807) is 23.5 Å². The molecule has 1 aromatic heterocycles. The first kappa shape index (κ1) is 14.6. The SMILES string of the molecule is Cc1csc(CNc2ccc(OCC(F)(F)F)cc2)n1. The van der Waals surface area contributed by atoms with Gasteiger partial charge in [0.1, 0.15) is 10.8 Å². The van der Waals surface area contributed by atoms with Crippen LogP contribution in [0.2, 0.25) is 0 Å². The first-order valence-electron chi connectivity index (χ1n) is 5.87. The summed E-state index contributed by atoms with van der Waals surface area (Å²) in [5, 5.41) is 6.07. The van der Waals surface area contributed by atoms with Crippen LogP contribution in [-0.2, 0) is 6.54 Å². The number of hydrogen-bond donors (Lipinski definition) is 1. The molecule has 0 saturated heterocycles. The normalized spacial score (nSPS) is 11.4. The van der Waals surface area contributed by atoms with Crippen molar-refractivity contribution in [3.8, 4) is 5.75 Å². The molecular weight excluding hydrogens is 289 g/mol. The molecule has 1 aromatic carbocycles. The molecule has 7 heteroatoms. The standard InChI is InChI=1S/C13H13F3N2OS/c1-9-7-20-12(18-9)6-17-10-2-4-11(5-3-10)19-8-13(14,15)16/h2-5,7,17H,6,8H2,1H3. The highest BCUT2D eigenvalue weighted by molar-refractivity contribution is 7.09. The molecule has 0 bridgehead atoms. The predicted molar refractivity (Wildman–Crippen MR) is 72.2 cm³/mol. The van der Waals surface area contributed by atoms with Crippen molar-refractivity contribution in [3.63, 3.8) is 0 Å². The molecule has 0 radical (unpaired) electrons. The molecule has 2 rings (SSSR count). The van der Waals surface area contributed by atoms with Gasteiger partial charge < -0.3 is 10.1 Å². The van der Waals surface area contributed by atoms with Gasteiger partial charge in [0.25, 0.3) is 0 Å². The number of rotatable bonds is 5. The summed E-state index contributed by atoms with van der Waals surface area (Å²) in [5.74, 6) is 0.193. The highest BCUT2D eigenvalue weighted by Crippen LogP contribution is 2.20. The van der Waals surface area contributed by atoms with Crippen molar-refractivity contribution in [1.29, 1.82) is 0 Å². The Morgan fingerprint density at radius 2 is 1.95 bits per heavy atom. The number of nitrogens with zero attached hydrogens (tertiary/aromatic N) is 1. The molecule has 0 atom stereocenters. The van der Waals surface area contributed by atoms with Crippen molar-refractivity contribution in [2.75, 3.05) is 11.9 Å². The lowest BCUT2D eigenvalue weighted by molar-refractivity contribution is -0.153. The summed E-state index contributed by atoms with van der Waals surface area (Å²) in [4.78, 5) is 4.31. The number of aryl methyl sites for hydroxylation is 1. The maximum atomic E-state index is 12.0. The monoisotopic (exact) mass is 302 g/mol. The van der Waals surface area contributed by atoms with Crippen LogP contribution in [0.15, 0.2) is 29.6 Å². The second-order valence-electron chi connectivity index (χ2n) is 4.16. The summed E-state index contributed by atoms with van der Waals surface area (Å²) >= 11 is 1.56. The number of halogens is 3. The third kappa shape index (κ3) is 4.73. The summed E-state index contributed by atoms with van der Waals surface area (Å²) in [6.07, 6.45) is -4.32. The van der Waals surface area contributed by atoms with Crippen molar-refractivity contribution >= 4 is 17.0 Å². The fourth-order valence-corrected chi connectivity index (χ4v) is 2.21. The number of hydrogen-bond acceptors (Lipinski definition) is 4. The highest BCUT2D eigenvalue weighted by Gasteiger charge is 2.28. The summed E-state index contributed by atoms with van der Waals surface area (Å²) in [7, 11) is 0. The summed E-state index contributed by atoms with van der Waals surface area (Å²) in [5.41, 5.74) is 1.78. The lowest BCUT2D eigenvalue weighted by Gasteiger charge is -2.10. The van der Waals surface area contributed by atoms with Gasteiger partial charge in [0.2, 0.25) is 0 Å². The van der Waals surface area contributed by atoms with Crippen LogP contribution in [0, 0.1) is 6.92 Å². The molecule has 108 valence electrons. The number of thiazole rings is 1. The molecule has 0 fully saturated rings. The van der Waals surface area contributed by atoms with Gasteiger partial charge >= 0.3 is 6.18 Å². The predicted octanol–water partition coefficient (Wildman–Crippen LogP) is 4.00. The zero-order valence-electron chi connectivity index (χ0n) is 10.7. The lowest BCUT2D eigenvalue weighted by Crippen LogP contribution is -2.19. The smallest absolute Gasteiger partial charge is 0.422 e. The van der Waals surface area contributed by atoms with Gasteiger partial charge in [0.05, 0.1) is 6.54 Å². The molecule has 0 saturated carbocycles. The van der Waals surface area contributed by atoms with E-state index in [4.69, 9.17) is 0 Å². The largest absolute Gasteiger partial charge is 0.484 e. The molecule has 1 N–H and O–H groups in total. The van der Waals surface area contributed by atoms with E-state index in [-0.39, 0.29) is 5.75 Å². The van der Waals surface area contributed by atoms with E-state index >= 15 is 0 Å². The Morgan fingerprint density at radius 3 is 2.50 bits per heavy atom. The van der Waals surface area contributed by atoms with Gasteiger partial charge in [-0.1, -0.05) is 0 Å². The van der Waals surface area contributed by atoms with Crippen LogP contribution in [0.25, 0.3) is 0 Å². The van der Waals surface area contributed by atoms with Crippen molar-refractivity contribution in [2.24, 2.45) is 0 Å². The van der Waals surface area contributed by atoms with Crippen molar-refractivity contribution in [3.05, 3.63) is 40.3 Å². The number of ether oxygens (including phenoxy) is 1. The van der Waals surface area contributed by atoms with Gasteiger partial charge in [-0.05, 0) is 31.2 Å². The molecule has 3 nitrogen and oxygen atoms in total. The Labute approximate surface area is 118 Å². The topological polar surface area (TPSA) is 34.1 Å². The average molecular weight is 302 g/mol. The van der Waals surface area contributed by atoms with Crippen molar-refractivity contribution < 1.29 is 17.9 Å². The molecule has 0 aliphatic rings. The first-order valence-corrected chi connectivity index (χ1v) is 6.75. The number of benzene rings is 1. The van der Waals surface area contributed by atoms with Gasteiger partial charge in [0.15, 0.2) is 6.61 Å². The summed E-state index contributed by atoms with van der Waals surface area (Å²) < 4.78 is 40.6. The minimum atomic E-state index is -4.32. The van der Waals surface area contributed by atoms with E-state index in [1.165, 1.54) is 12.1 Å². The van der Waals surface area contributed by atoms with Gasteiger partial charge in [0, 0.05) is 16.8 Å². The number of nitrogens with one attached hydrogen (secondary N) is 1. The Hall–Kier alpha value is -1.76. The molecule has 0 amide bonds. The fraction of sp³-hybridized carbons (Fsp3) is 0.308. The van der Waals surface area contributed by atoms with E-state index in [9.17, 15) is 13.2 Å². The third-order valence-electron chi connectivity index (χ3n) is 2.37. The third-order valence-corrected chi connectivity index (χ3v) is 3.33. The van der Waals surface area contributed by atoms with Gasteiger partial charge in [-0.25, -0.2) is 4.98 Å². The Balaban J connectivity index is 1.85. The van der Waals surface area contributed by atoms with E-state index < -0.39 is 12.8 Å². The molecule has 2 aromatic rings. The fourth-order valence-electron chi connectivity index (χ4n) is 1.50. The second-order valence-corrected chi connectivity index (χ2v) is 5.11. The van der Waals surface area contributed by atoms with Crippen LogP contribution in [0.3, 0.4) is 0 Å². The maximum Gasteiger partial charge on any atom is 0.422 e. The van der Waals surface area contributed by atoms with E-state index in [0.717, 1.165) is 16.4 Å². The molecule has 1 heterocycles. The Kier molecular flexibility index (Phi) is 4.49. The quantitative estimate of drug-likeness (QED) is 0.906. The zero-order chi connectivity index (χ0) is 14.6. The summed E-state index contributed by atoms with van der Waals surface area (Å²) in [6.45, 7) is 1.23. The van der Waals surface area contributed by atoms with E-state index in [2.05, 4.69) is 15.0 Å². The molecule has 0 unspecified atom stereocenters. The van der Waals surface area contributed by atoms with Gasteiger partial charge in [-0.3, -0.25) is 0 Å². The maximum absolute atomic E-state index is 12.0. The van der Waals surface area contributed by atoms with E-state index in [0.29, 0.717) is 6.54 Å². The van der Waals surface area contributed by atoms with Crippen LogP contribution in [0.4, 0.5) is 18.9 Å². The Morgan fingerprint density at radius 1 is 1.25 bits per heavy atom. The molecule has 0 aliphatic carbocycles. The second kappa shape index (κ2) is 6.13. The zero-order valence-corrected chi connectivity index (χ0v) is 11.5. The average Bonchev–Trinajstić information content (AvgIpc) is 2.80. The van der Waals surface area contributed by atoms with Crippen molar-refractivity contribution in [1.82, 2.24) is 4.98 Å². The molecule has 0 spiro atoms. The van der Waals surface area contributed by atoms with Crippen LogP contribution < -0.4 is 10.1 Å². The lowest BCUT2D eigenvalue weighted by atomic mass is 10.3. The Bertz CT molecular complexity index is 551. The minimum absolute atomic E-state index is 0.193. The number of aromatic nitrogens is 1. The molecule has 0 aliphatic heterocycles. The summed E-state index contributed by atoms with van der Waals surface area (Å²) in [6, 6.07) is 6.35. The van der Waals surface area contributed by atoms with Crippen LogP contribution in [0.5, 0.6) is 5.75 Å². The number of anilines is 1. The van der Waals surface area contributed by atoms with E-state index in [1.807, 2.05) is 12.3 Å². The van der Waals surface area contributed by atoms with Crippen LogP contribution in [0.1, 0.15) is 10.7 Å².